The minimum Gasteiger partial charge on any atom is -0.385 e. The van der Waals surface area contributed by atoms with Crippen molar-refractivity contribution in [3.8, 4) is 12.1 Å². The van der Waals surface area contributed by atoms with Crippen molar-refractivity contribution in [2.24, 2.45) is 10.9 Å². The number of aromatic amines is 1. The number of hydrogen-bond donors (Lipinski definition) is 1. The smallest absolute Gasteiger partial charge is 0.158 e. The molecule has 0 bridgehead atoms. The summed E-state index contributed by atoms with van der Waals surface area (Å²) >= 11 is 0. The lowest BCUT2D eigenvalue weighted by atomic mass is 9.76. The van der Waals surface area contributed by atoms with E-state index in [1.807, 2.05) is 39.1 Å². The van der Waals surface area contributed by atoms with Crippen LogP contribution in [-0.4, -0.2) is 43.2 Å². The molecule has 0 saturated heterocycles. The summed E-state index contributed by atoms with van der Waals surface area (Å²) in [4.78, 5) is 6.50. The second-order valence-corrected chi connectivity index (χ2v) is 7.07. The molecule has 1 aromatic carbocycles. The number of aliphatic imine (C=N–C) groups is 1. The van der Waals surface area contributed by atoms with Crippen molar-refractivity contribution >= 4 is 22.4 Å². The van der Waals surface area contributed by atoms with Gasteiger partial charge in [0, 0.05) is 44.3 Å². The molecule has 0 spiro atoms. The molecule has 1 N–H and O–H groups in total. The maximum atomic E-state index is 9.73. The Morgan fingerprint density at radius 2 is 2.07 bits per heavy atom. The zero-order valence-electron chi connectivity index (χ0n) is 16.7. The minimum absolute atomic E-state index is 0.321. The normalized spacial score (nSPS) is 19.3. The van der Waals surface area contributed by atoms with E-state index in [-0.39, 0.29) is 5.92 Å². The SMILES string of the molecule is COCCCN(C)c1n[nH]c2ccc(C3C(C#N)=C(C)N=C(C)C3C#N)cc12. The van der Waals surface area contributed by atoms with Gasteiger partial charge in [0.25, 0.3) is 0 Å². The van der Waals surface area contributed by atoms with Crippen molar-refractivity contribution in [1.29, 1.82) is 10.5 Å². The molecule has 3 rings (SSSR count). The third kappa shape index (κ3) is 3.49. The molecule has 0 saturated carbocycles. The van der Waals surface area contributed by atoms with Crippen molar-refractivity contribution in [3.63, 3.8) is 0 Å². The molecule has 0 radical (unpaired) electrons. The molecule has 2 atom stereocenters. The summed E-state index contributed by atoms with van der Waals surface area (Å²) in [6.45, 7) is 5.19. The van der Waals surface area contributed by atoms with Crippen LogP contribution in [0.5, 0.6) is 0 Å². The highest BCUT2D eigenvalue weighted by molar-refractivity contribution is 5.93. The quantitative estimate of drug-likeness (QED) is 0.777. The number of nitrogens with one attached hydrogen (secondary N) is 1. The maximum absolute atomic E-state index is 9.73. The first-order valence-electron chi connectivity index (χ1n) is 9.25. The van der Waals surface area contributed by atoms with E-state index in [2.05, 4.69) is 32.2 Å². The van der Waals surface area contributed by atoms with Gasteiger partial charge >= 0.3 is 0 Å². The van der Waals surface area contributed by atoms with E-state index in [9.17, 15) is 10.5 Å². The summed E-state index contributed by atoms with van der Waals surface area (Å²) < 4.78 is 5.13. The predicted molar refractivity (Wildman–Crippen MR) is 109 cm³/mol. The van der Waals surface area contributed by atoms with Crippen LogP contribution in [0.25, 0.3) is 10.9 Å². The van der Waals surface area contributed by atoms with Gasteiger partial charge in [-0.15, -0.1) is 0 Å². The zero-order valence-corrected chi connectivity index (χ0v) is 16.7. The molecular weight excluding hydrogens is 352 g/mol. The number of nitriles is 2. The summed E-state index contributed by atoms with van der Waals surface area (Å²) in [5.74, 6) is 0.0749. The molecular formula is C21H24N6O. The number of H-pyrrole nitrogens is 1. The molecule has 1 aliphatic heterocycles. The Morgan fingerprint density at radius 3 is 2.75 bits per heavy atom. The lowest BCUT2D eigenvalue weighted by Crippen LogP contribution is -2.24. The summed E-state index contributed by atoms with van der Waals surface area (Å²) in [6, 6.07) is 10.6. The van der Waals surface area contributed by atoms with E-state index in [0.29, 0.717) is 17.9 Å². The van der Waals surface area contributed by atoms with Crippen LogP contribution in [0.15, 0.2) is 34.5 Å². The lowest BCUT2D eigenvalue weighted by molar-refractivity contribution is 0.196. The third-order valence-electron chi connectivity index (χ3n) is 5.22. The van der Waals surface area contributed by atoms with Crippen LogP contribution in [0.4, 0.5) is 5.82 Å². The van der Waals surface area contributed by atoms with Crippen molar-refractivity contribution in [3.05, 3.63) is 35.0 Å². The molecule has 7 nitrogen and oxygen atoms in total. The molecule has 144 valence electrons. The van der Waals surface area contributed by atoms with E-state index < -0.39 is 5.92 Å². The first-order valence-corrected chi connectivity index (χ1v) is 9.25. The van der Waals surface area contributed by atoms with Crippen LogP contribution in [-0.2, 0) is 4.74 Å². The molecule has 1 aliphatic rings. The number of benzene rings is 1. The molecule has 1 aromatic heterocycles. The van der Waals surface area contributed by atoms with E-state index in [0.717, 1.165) is 41.0 Å². The molecule has 0 aliphatic carbocycles. The molecule has 2 aromatic rings. The third-order valence-corrected chi connectivity index (χ3v) is 5.22. The van der Waals surface area contributed by atoms with E-state index in [1.165, 1.54) is 0 Å². The maximum Gasteiger partial charge on any atom is 0.158 e. The highest BCUT2D eigenvalue weighted by Crippen LogP contribution is 2.39. The fraction of sp³-hybridized carbons (Fsp3) is 0.429. The highest BCUT2D eigenvalue weighted by Gasteiger charge is 2.34. The Kier molecular flexibility index (Phi) is 5.77. The Balaban J connectivity index is 2.04. The Hall–Kier alpha value is -3.16. The second kappa shape index (κ2) is 8.24. The van der Waals surface area contributed by atoms with Gasteiger partial charge in [0.1, 0.15) is 0 Å². The van der Waals surface area contributed by atoms with Gasteiger partial charge in [0.15, 0.2) is 5.82 Å². The van der Waals surface area contributed by atoms with Crippen LogP contribution >= 0.6 is 0 Å². The average molecular weight is 376 g/mol. The Morgan fingerprint density at radius 1 is 1.29 bits per heavy atom. The topological polar surface area (TPSA) is 101 Å². The highest BCUT2D eigenvalue weighted by atomic mass is 16.5. The van der Waals surface area contributed by atoms with E-state index in [4.69, 9.17) is 4.74 Å². The van der Waals surface area contributed by atoms with E-state index >= 15 is 0 Å². The van der Waals surface area contributed by atoms with Crippen molar-refractivity contribution < 1.29 is 4.74 Å². The van der Waals surface area contributed by atoms with Gasteiger partial charge in [-0.3, -0.25) is 10.1 Å². The summed E-state index contributed by atoms with van der Waals surface area (Å²) in [5.41, 5.74) is 3.83. The number of rotatable bonds is 6. The molecule has 2 unspecified atom stereocenters. The fourth-order valence-electron chi connectivity index (χ4n) is 3.76. The Bertz CT molecular complexity index is 1020. The molecule has 7 heteroatoms. The van der Waals surface area contributed by atoms with Gasteiger partial charge in [-0.05, 0) is 38.0 Å². The van der Waals surface area contributed by atoms with Gasteiger partial charge < -0.3 is 9.64 Å². The molecule has 2 heterocycles. The summed E-state index contributed by atoms with van der Waals surface area (Å²) in [6.07, 6.45) is 0.899. The van der Waals surface area contributed by atoms with Gasteiger partial charge in [-0.1, -0.05) is 6.07 Å². The number of anilines is 1. The van der Waals surface area contributed by atoms with Crippen molar-refractivity contribution in [2.75, 3.05) is 32.2 Å². The number of allylic oxidation sites excluding steroid dienone is 2. The Labute approximate surface area is 164 Å². The molecule has 0 amide bonds. The van der Waals surface area contributed by atoms with Gasteiger partial charge in [0.2, 0.25) is 0 Å². The van der Waals surface area contributed by atoms with Crippen molar-refractivity contribution in [1.82, 2.24) is 10.2 Å². The minimum atomic E-state index is -0.453. The first kappa shape index (κ1) is 19.6. The average Bonchev–Trinajstić information content (AvgIpc) is 3.10. The number of ether oxygens (including phenoxy) is 1. The number of methoxy groups -OCH3 is 1. The predicted octanol–water partition coefficient (Wildman–Crippen LogP) is 3.53. The van der Waals surface area contributed by atoms with Crippen LogP contribution < -0.4 is 4.90 Å². The first-order chi connectivity index (χ1) is 13.5. The van der Waals surface area contributed by atoms with Crippen LogP contribution in [0.3, 0.4) is 0 Å². The largest absolute Gasteiger partial charge is 0.385 e. The lowest BCUT2D eigenvalue weighted by Gasteiger charge is -2.27. The summed E-state index contributed by atoms with van der Waals surface area (Å²) in [5, 5.41) is 27.9. The van der Waals surface area contributed by atoms with Gasteiger partial charge in [0.05, 0.1) is 34.8 Å². The van der Waals surface area contributed by atoms with Crippen molar-refractivity contribution in [2.45, 2.75) is 26.2 Å². The molecule has 0 fully saturated rings. The number of fused-ring (bicyclic) bond motifs is 1. The standard InChI is InChI=1S/C21H24N6O/c1-13-17(11-22)20(18(12-23)14(2)24-13)15-6-7-19-16(10-15)21(26-25-19)27(3)8-5-9-28-4/h6-7,10,17,20H,5,8-9H2,1-4H3,(H,25,26). The zero-order chi connectivity index (χ0) is 20.3. The second-order valence-electron chi connectivity index (χ2n) is 7.07. The van der Waals surface area contributed by atoms with Crippen LogP contribution in [0, 0.1) is 28.6 Å². The van der Waals surface area contributed by atoms with Crippen LogP contribution in [0.2, 0.25) is 0 Å². The van der Waals surface area contributed by atoms with Gasteiger partial charge in [-0.2, -0.15) is 15.6 Å². The summed E-state index contributed by atoms with van der Waals surface area (Å²) in [7, 11) is 3.69. The van der Waals surface area contributed by atoms with Crippen LogP contribution in [0.1, 0.15) is 31.7 Å². The number of hydrogen-bond acceptors (Lipinski definition) is 6. The van der Waals surface area contributed by atoms with Gasteiger partial charge in [-0.25, -0.2) is 0 Å². The van der Waals surface area contributed by atoms with E-state index in [1.54, 1.807) is 7.11 Å². The monoisotopic (exact) mass is 376 g/mol. The number of nitrogens with zero attached hydrogens (tertiary/aromatic N) is 5. The fourth-order valence-corrected chi connectivity index (χ4v) is 3.76. The molecule has 28 heavy (non-hydrogen) atoms. The number of aromatic nitrogens is 2.